The zero-order valence-electron chi connectivity index (χ0n) is 11.7. The highest BCUT2D eigenvalue weighted by molar-refractivity contribution is 9.10. The number of nitrogens with zero attached hydrogens (tertiary/aromatic N) is 1. The van der Waals surface area contributed by atoms with Gasteiger partial charge in [0.05, 0.1) is 10.3 Å². The third kappa shape index (κ3) is 2.29. The Hall–Kier alpha value is -0.880. The number of hydrogen-bond acceptors (Lipinski definition) is 3. The summed E-state index contributed by atoms with van der Waals surface area (Å²) >= 11 is 3.32. The van der Waals surface area contributed by atoms with E-state index in [4.69, 9.17) is 5.73 Å². The highest BCUT2D eigenvalue weighted by Gasteiger charge is 2.45. The molecule has 0 aliphatic carbocycles. The van der Waals surface area contributed by atoms with Crippen LogP contribution in [0.1, 0.15) is 26.3 Å². The highest BCUT2D eigenvalue weighted by Crippen LogP contribution is 2.38. The molecule has 6 heteroatoms. The quantitative estimate of drug-likeness (QED) is 0.782. The fourth-order valence-electron chi connectivity index (χ4n) is 2.31. The molecule has 0 radical (unpaired) electrons. The summed E-state index contributed by atoms with van der Waals surface area (Å²) in [4.78, 5) is 4.45. The standard InChI is InChI=1S/C14H18BrFN2OS/c1-13(2)12(17)18-14(3,8-20(13,4)19)10-7-9(15)5-6-11(10)16/h5-7H,4,8H2,1-3H3,(H2,17,18)/t14-,20?/m0/s1. The van der Waals surface area contributed by atoms with Crippen molar-refractivity contribution < 1.29 is 8.60 Å². The van der Waals surface area contributed by atoms with E-state index in [-0.39, 0.29) is 17.4 Å². The van der Waals surface area contributed by atoms with Crippen LogP contribution in [0.4, 0.5) is 4.39 Å². The van der Waals surface area contributed by atoms with Crippen molar-refractivity contribution >= 4 is 37.2 Å². The molecule has 0 spiro atoms. The summed E-state index contributed by atoms with van der Waals surface area (Å²) in [5.41, 5.74) is 5.40. The largest absolute Gasteiger partial charge is 0.386 e. The normalized spacial score (nSPS) is 32.8. The first-order valence-corrected chi connectivity index (χ1v) is 8.84. The van der Waals surface area contributed by atoms with E-state index < -0.39 is 19.8 Å². The Morgan fingerprint density at radius 3 is 2.60 bits per heavy atom. The Balaban J connectivity index is 2.69. The Morgan fingerprint density at radius 2 is 2.05 bits per heavy atom. The summed E-state index contributed by atoms with van der Waals surface area (Å²) in [5.74, 6) is 3.87. The lowest BCUT2D eigenvalue weighted by Crippen LogP contribution is -2.54. The van der Waals surface area contributed by atoms with Gasteiger partial charge >= 0.3 is 0 Å². The summed E-state index contributed by atoms with van der Waals surface area (Å²) < 4.78 is 26.9. The van der Waals surface area contributed by atoms with Crippen LogP contribution in [0, 0.1) is 5.82 Å². The maximum Gasteiger partial charge on any atom is 0.128 e. The topological polar surface area (TPSA) is 55.5 Å². The van der Waals surface area contributed by atoms with E-state index in [9.17, 15) is 8.60 Å². The molecule has 110 valence electrons. The van der Waals surface area contributed by atoms with Gasteiger partial charge < -0.3 is 5.73 Å². The van der Waals surface area contributed by atoms with Crippen LogP contribution in [0.2, 0.25) is 0 Å². The van der Waals surface area contributed by atoms with Crippen molar-refractivity contribution in [3.05, 3.63) is 34.1 Å². The minimum Gasteiger partial charge on any atom is -0.386 e. The van der Waals surface area contributed by atoms with Crippen LogP contribution in [0.5, 0.6) is 0 Å². The predicted molar refractivity (Wildman–Crippen MR) is 87.3 cm³/mol. The average molecular weight is 361 g/mol. The van der Waals surface area contributed by atoms with Gasteiger partial charge in [0.15, 0.2) is 0 Å². The molecule has 1 heterocycles. The van der Waals surface area contributed by atoms with E-state index in [0.717, 1.165) is 4.47 Å². The molecule has 1 aliphatic rings. The Bertz CT molecular complexity index is 697. The van der Waals surface area contributed by atoms with Gasteiger partial charge in [0.2, 0.25) is 0 Å². The van der Waals surface area contributed by atoms with Crippen molar-refractivity contribution in [1.29, 1.82) is 0 Å². The third-order valence-corrected chi connectivity index (χ3v) is 7.53. The van der Waals surface area contributed by atoms with E-state index in [2.05, 4.69) is 26.8 Å². The molecule has 1 aromatic carbocycles. The van der Waals surface area contributed by atoms with Gasteiger partial charge in [-0.2, -0.15) is 0 Å². The summed E-state index contributed by atoms with van der Waals surface area (Å²) in [7, 11) is -2.53. The molecular weight excluding hydrogens is 343 g/mol. The number of rotatable bonds is 1. The smallest absolute Gasteiger partial charge is 0.128 e. The van der Waals surface area contributed by atoms with Gasteiger partial charge in [0.25, 0.3) is 0 Å². The lowest BCUT2D eigenvalue weighted by molar-refractivity contribution is 0.492. The molecule has 0 bridgehead atoms. The Labute approximate surface area is 127 Å². The minimum atomic E-state index is -2.53. The lowest BCUT2D eigenvalue weighted by atomic mass is 9.93. The Kier molecular flexibility index (Phi) is 3.54. The van der Waals surface area contributed by atoms with Crippen molar-refractivity contribution in [1.82, 2.24) is 0 Å². The molecule has 1 unspecified atom stereocenters. The Morgan fingerprint density at radius 1 is 1.45 bits per heavy atom. The second-order valence-corrected chi connectivity index (χ2v) is 9.71. The predicted octanol–water partition coefficient (Wildman–Crippen LogP) is 2.67. The van der Waals surface area contributed by atoms with Crippen LogP contribution in [0.15, 0.2) is 27.7 Å². The first kappa shape index (κ1) is 15.5. The van der Waals surface area contributed by atoms with Gasteiger partial charge in [-0.05, 0) is 54.4 Å². The molecular formula is C14H18BrFN2OS. The lowest BCUT2D eigenvalue weighted by Gasteiger charge is -2.41. The third-order valence-electron chi connectivity index (χ3n) is 3.94. The number of benzene rings is 1. The molecule has 3 nitrogen and oxygen atoms in total. The van der Waals surface area contributed by atoms with E-state index in [1.165, 1.54) is 6.07 Å². The number of nitrogens with two attached hydrogens (primary N) is 1. The van der Waals surface area contributed by atoms with Gasteiger partial charge in [-0.1, -0.05) is 15.9 Å². The maximum absolute atomic E-state index is 14.1. The summed E-state index contributed by atoms with van der Waals surface area (Å²) in [6, 6.07) is 4.63. The molecule has 2 atom stereocenters. The second kappa shape index (κ2) is 4.56. The van der Waals surface area contributed by atoms with Crippen molar-refractivity contribution in [2.45, 2.75) is 31.1 Å². The van der Waals surface area contributed by atoms with Crippen molar-refractivity contribution in [3.63, 3.8) is 0 Å². The van der Waals surface area contributed by atoms with Crippen LogP contribution in [0.25, 0.3) is 0 Å². The van der Waals surface area contributed by atoms with Crippen LogP contribution in [0.3, 0.4) is 0 Å². The summed E-state index contributed by atoms with van der Waals surface area (Å²) in [6.45, 7) is 5.26. The first-order chi connectivity index (χ1) is 8.99. The van der Waals surface area contributed by atoms with E-state index in [1.807, 2.05) is 0 Å². The van der Waals surface area contributed by atoms with E-state index in [0.29, 0.717) is 5.56 Å². The molecule has 1 aromatic rings. The zero-order valence-corrected chi connectivity index (χ0v) is 14.1. The van der Waals surface area contributed by atoms with Gasteiger partial charge in [0.1, 0.15) is 11.7 Å². The molecule has 0 aromatic heterocycles. The maximum atomic E-state index is 14.1. The van der Waals surface area contributed by atoms with E-state index >= 15 is 0 Å². The number of hydrogen-bond donors (Lipinski definition) is 1. The fourth-order valence-corrected chi connectivity index (χ4v) is 4.58. The number of amidine groups is 1. The van der Waals surface area contributed by atoms with Crippen molar-refractivity contribution in [2.24, 2.45) is 10.7 Å². The molecule has 0 saturated carbocycles. The van der Waals surface area contributed by atoms with Gasteiger partial charge in [0, 0.05) is 15.8 Å². The highest BCUT2D eigenvalue weighted by atomic mass is 79.9. The molecule has 20 heavy (non-hydrogen) atoms. The van der Waals surface area contributed by atoms with Crippen molar-refractivity contribution in [3.8, 4) is 0 Å². The average Bonchev–Trinajstić information content (AvgIpc) is 2.29. The van der Waals surface area contributed by atoms with E-state index in [1.54, 1.807) is 32.9 Å². The van der Waals surface area contributed by atoms with Gasteiger partial charge in [-0.15, -0.1) is 0 Å². The number of halogens is 2. The SMILES string of the molecule is C=S1(=O)C[C@@](C)(c2cc(Br)ccc2F)N=C(N)C1(C)C. The summed E-state index contributed by atoms with van der Waals surface area (Å²) in [6.07, 6.45) is 0. The fraction of sp³-hybridized carbons (Fsp3) is 0.429. The molecule has 0 amide bonds. The summed E-state index contributed by atoms with van der Waals surface area (Å²) in [5, 5.41) is 0. The van der Waals surface area contributed by atoms with Crippen LogP contribution >= 0.6 is 15.9 Å². The second-order valence-electron chi connectivity index (χ2n) is 5.86. The molecule has 2 N–H and O–H groups in total. The first-order valence-electron chi connectivity index (χ1n) is 6.15. The molecule has 0 saturated heterocycles. The van der Waals surface area contributed by atoms with Gasteiger partial charge in [-0.3, -0.25) is 9.20 Å². The van der Waals surface area contributed by atoms with Gasteiger partial charge in [-0.25, -0.2) is 4.39 Å². The monoisotopic (exact) mass is 360 g/mol. The zero-order chi connectivity index (χ0) is 15.3. The van der Waals surface area contributed by atoms with Crippen LogP contribution < -0.4 is 5.73 Å². The molecule has 0 fully saturated rings. The van der Waals surface area contributed by atoms with Crippen molar-refractivity contribution in [2.75, 3.05) is 5.75 Å². The van der Waals surface area contributed by atoms with Crippen LogP contribution in [-0.2, 0) is 15.1 Å². The number of aliphatic imine (C=N–C) groups is 1. The van der Waals surface area contributed by atoms with Crippen LogP contribution in [-0.4, -0.2) is 26.4 Å². The molecule has 1 aliphatic heterocycles. The molecule has 2 rings (SSSR count). The minimum absolute atomic E-state index is 0.168.